The number of para-hydroxylation sites is 3. The first kappa shape index (κ1) is 46.5. The fourth-order valence-electron chi connectivity index (χ4n) is 5.14. The third-order valence-corrected chi connectivity index (χ3v) is 11.6. The van der Waals surface area contributed by atoms with Crippen molar-refractivity contribution in [3.63, 3.8) is 0 Å². The molecule has 0 aliphatic carbocycles. The van der Waals surface area contributed by atoms with E-state index >= 15 is 0 Å². The van der Waals surface area contributed by atoms with E-state index in [4.69, 9.17) is 4.74 Å². The molecule has 0 amide bonds. The van der Waals surface area contributed by atoms with Crippen LogP contribution in [-0.2, 0) is 42.3 Å². The fourth-order valence-corrected chi connectivity index (χ4v) is 7.76. The Morgan fingerprint density at radius 1 is 0.632 bits per heavy atom. The zero-order valence-electron chi connectivity index (χ0n) is 35.2. The van der Waals surface area contributed by atoms with Gasteiger partial charge >= 0.3 is 0 Å². The van der Waals surface area contributed by atoms with Crippen molar-refractivity contribution < 1.29 is 4.74 Å². The summed E-state index contributed by atoms with van der Waals surface area (Å²) >= 11 is 6.81. The molecule has 17 heteroatoms. The lowest BCUT2D eigenvalue weighted by Crippen LogP contribution is -2.13. The first-order valence-corrected chi connectivity index (χ1v) is 22.1. The molecule has 0 radical (unpaired) electrons. The number of fused-ring (bicyclic) bond motifs is 2. The molecule has 0 fully saturated rings. The number of aromatic nitrogens is 10. The van der Waals surface area contributed by atoms with Gasteiger partial charge in [-0.1, -0.05) is 59.1 Å². The van der Waals surface area contributed by atoms with Gasteiger partial charge in [0.15, 0.2) is 15.1 Å². The Hall–Kier alpha value is -4.84. The summed E-state index contributed by atoms with van der Waals surface area (Å²) in [5, 5.41) is 3.44. The van der Waals surface area contributed by atoms with Crippen LogP contribution >= 0.6 is 46.6 Å². The summed E-state index contributed by atoms with van der Waals surface area (Å²) in [5.74, 6) is 0.981. The molecule has 0 aliphatic rings. The number of aryl methyl sites for hydroxylation is 6. The number of thiazole rings is 1. The predicted octanol–water partition coefficient (Wildman–Crippen LogP) is 7.87. The van der Waals surface area contributed by atoms with E-state index in [-0.39, 0.29) is 0 Å². The molecule has 0 aliphatic heterocycles. The summed E-state index contributed by atoms with van der Waals surface area (Å²) in [5.41, 5.74) is 3.52. The molecule has 0 unspecified atom stereocenters. The monoisotopic (exact) mass is 848 g/mol. The van der Waals surface area contributed by atoms with E-state index in [1.807, 2.05) is 139 Å². The van der Waals surface area contributed by atoms with Crippen LogP contribution in [0.15, 0.2) is 124 Å². The number of imidazole rings is 4. The van der Waals surface area contributed by atoms with Gasteiger partial charge in [0.1, 0.15) is 0 Å². The maximum Gasteiger partial charge on any atom is 0.295 e. The molecule has 0 bridgehead atoms. The van der Waals surface area contributed by atoms with Crippen molar-refractivity contribution in [3.8, 4) is 6.01 Å². The van der Waals surface area contributed by atoms with Crippen molar-refractivity contribution in [3.05, 3.63) is 109 Å². The van der Waals surface area contributed by atoms with Gasteiger partial charge in [-0.3, -0.25) is 4.99 Å². The molecular formula is C40H56N12OS4. The zero-order valence-corrected chi connectivity index (χ0v) is 38.5. The van der Waals surface area contributed by atoms with Crippen LogP contribution in [0.25, 0.3) is 21.3 Å². The van der Waals surface area contributed by atoms with Crippen LogP contribution in [0.5, 0.6) is 6.01 Å². The Morgan fingerprint density at radius 3 is 1.65 bits per heavy atom. The average Bonchev–Trinajstić information content (AvgIpc) is 4.10. The van der Waals surface area contributed by atoms with Crippen molar-refractivity contribution in [2.45, 2.75) is 15.3 Å². The topological polar surface area (TPSA) is 106 Å². The molecule has 0 saturated heterocycles. The molecule has 0 saturated carbocycles. The van der Waals surface area contributed by atoms with Crippen molar-refractivity contribution in [2.24, 2.45) is 47.3 Å². The molecule has 57 heavy (non-hydrogen) atoms. The molecule has 2 aromatic carbocycles. The first-order valence-electron chi connectivity index (χ1n) is 17.7. The van der Waals surface area contributed by atoms with Crippen LogP contribution < -0.4 is 14.4 Å². The molecule has 306 valence electrons. The minimum Gasteiger partial charge on any atom is -0.468 e. The molecule has 8 rings (SSSR count). The minimum absolute atomic E-state index is 0.644. The van der Waals surface area contributed by atoms with Crippen molar-refractivity contribution >= 4 is 73.8 Å². The van der Waals surface area contributed by atoms with Gasteiger partial charge in [-0.25, -0.2) is 19.9 Å². The number of hydrogen-bond acceptors (Lipinski definition) is 11. The Kier molecular flexibility index (Phi) is 19.6. The molecular weight excluding hydrogens is 793 g/mol. The summed E-state index contributed by atoms with van der Waals surface area (Å²) in [6.45, 7) is 0. The van der Waals surface area contributed by atoms with Crippen molar-refractivity contribution in [1.29, 1.82) is 0 Å². The second kappa shape index (κ2) is 24.0. The van der Waals surface area contributed by atoms with Crippen LogP contribution in [0.2, 0.25) is 0 Å². The van der Waals surface area contributed by atoms with Crippen molar-refractivity contribution in [2.75, 3.05) is 51.9 Å². The average molecular weight is 849 g/mol. The second-order valence-electron chi connectivity index (χ2n) is 12.2. The number of thioether (sulfide) groups is 3. The molecule has 6 aromatic heterocycles. The highest BCUT2D eigenvalue weighted by atomic mass is 32.2. The van der Waals surface area contributed by atoms with Gasteiger partial charge in [0.2, 0.25) is 5.95 Å². The number of ether oxygens (including phenoxy) is 1. The van der Waals surface area contributed by atoms with Gasteiger partial charge in [-0.2, -0.15) is 0 Å². The van der Waals surface area contributed by atoms with Crippen LogP contribution in [0.3, 0.4) is 0 Å². The normalized spacial score (nSPS) is 10.5. The summed E-state index contributed by atoms with van der Waals surface area (Å²) in [6, 6.07) is 21.3. The Balaban J connectivity index is 0.000000185. The van der Waals surface area contributed by atoms with Gasteiger partial charge < -0.3 is 37.0 Å². The van der Waals surface area contributed by atoms with Gasteiger partial charge in [0, 0.05) is 107 Å². The van der Waals surface area contributed by atoms with Gasteiger partial charge in [-0.15, -0.1) is 11.8 Å². The second-order valence-corrected chi connectivity index (χ2v) is 15.6. The van der Waals surface area contributed by atoms with Gasteiger partial charge in [0.05, 0.1) is 33.4 Å². The van der Waals surface area contributed by atoms with Crippen LogP contribution in [0.4, 0.5) is 5.95 Å². The minimum atomic E-state index is 0.644. The molecule has 13 nitrogen and oxygen atoms in total. The number of rotatable bonds is 5. The summed E-state index contributed by atoms with van der Waals surface area (Å²) in [4.78, 5) is 23.7. The number of methoxy groups -OCH3 is 1. The standard InChI is InChI=1S/2C9H10N2S.C6H11N3.C6H9NS.C5H8N2O.C5H8N2S/c1-11-8-6-4-3-5-7(8)10-9(11)12-2;1-10-9-11(2)7-5-3-4-6-8(7)12-9;1-8(2)6-7-4-5-9(6)3;1-7-5-3-4-6(7)8-2;2*1-7-4-3-6-5(7)8-2/h2*3-6H,1-2H3;4-5H,1-3H3;3-5H,1-2H3;2*3-4H,1-2H3. The van der Waals surface area contributed by atoms with Crippen LogP contribution in [0, 0.1) is 0 Å². The highest BCUT2D eigenvalue weighted by Gasteiger charge is 2.04. The Bertz CT molecular complexity index is 2320. The van der Waals surface area contributed by atoms with E-state index in [0.29, 0.717) is 6.01 Å². The maximum atomic E-state index is 4.84. The molecule has 0 N–H and O–H groups in total. The largest absolute Gasteiger partial charge is 0.468 e. The smallest absolute Gasteiger partial charge is 0.295 e. The van der Waals surface area contributed by atoms with Crippen LogP contribution in [-0.4, -0.2) is 94.4 Å². The number of benzene rings is 2. The summed E-state index contributed by atoms with van der Waals surface area (Å²) < 4.78 is 18.2. The van der Waals surface area contributed by atoms with Gasteiger partial charge in [0.25, 0.3) is 6.01 Å². The number of hydrogen-bond donors (Lipinski definition) is 0. The highest BCUT2D eigenvalue weighted by Crippen LogP contribution is 2.20. The third-order valence-electron chi connectivity index (χ3n) is 8.05. The lowest BCUT2D eigenvalue weighted by molar-refractivity contribution is 0.366. The Morgan fingerprint density at radius 2 is 1.25 bits per heavy atom. The maximum absolute atomic E-state index is 4.84. The van der Waals surface area contributed by atoms with Crippen molar-refractivity contribution in [1.82, 2.24) is 47.3 Å². The van der Waals surface area contributed by atoms with Gasteiger partial charge in [-0.05, 0) is 55.2 Å². The quantitative estimate of drug-likeness (QED) is 0.160. The highest BCUT2D eigenvalue weighted by molar-refractivity contribution is 7.98. The predicted molar refractivity (Wildman–Crippen MR) is 244 cm³/mol. The zero-order chi connectivity index (χ0) is 41.9. The fraction of sp³-hybridized carbons (Fsp3) is 0.325. The number of nitrogens with zero attached hydrogens (tertiary/aromatic N) is 12. The number of anilines is 1. The van der Waals surface area contributed by atoms with E-state index in [1.165, 1.54) is 20.8 Å². The van der Waals surface area contributed by atoms with Crippen LogP contribution in [0.1, 0.15) is 0 Å². The molecule has 0 atom stereocenters. The third kappa shape index (κ3) is 13.7. The lowest BCUT2D eigenvalue weighted by Gasteiger charge is -2.09. The first-order chi connectivity index (χ1) is 27.4. The summed E-state index contributed by atoms with van der Waals surface area (Å²) in [7, 11) is 19.3. The molecule has 8 aromatic rings. The summed E-state index contributed by atoms with van der Waals surface area (Å²) in [6.07, 6.45) is 19.2. The Labute approximate surface area is 353 Å². The molecule has 6 heterocycles. The van der Waals surface area contributed by atoms with E-state index < -0.39 is 0 Å². The van der Waals surface area contributed by atoms with E-state index in [2.05, 4.69) is 81.3 Å². The lowest BCUT2D eigenvalue weighted by atomic mass is 10.3. The van der Waals surface area contributed by atoms with E-state index in [0.717, 1.165) is 26.6 Å². The molecule has 0 spiro atoms. The van der Waals surface area contributed by atoms with E-state index in [1.54, 1.807) is 76.9 Å². The van der Waals surface area contributed by atoms with E-state index in [9.17, 15) is 0 Å². The SMILES string of the molecule is CN(C)c1nccn1C.CN=c1sc2ccccc2n1C.COc1nccn1C.CSc1cccn1C.CSc1nc2ccccc2n1C.CSc1nccn1C.